The van der Waals surface area contributed by atoms with Crippen molar-refractivity contribution in [1.82, 2.24) is 15.2 Å². The monoisotopic (exact) mass is 419 g/mol. The molecule has 1 aliphatic heterocycles. The number of nitrogens with one attached hydrogen (secondary N) is 1. The first-order valence-electron chi connectivity index (χ1n) is 8.31. The van der Waals surface area contributed by atoms with Gasteiger partial charge in [0, 0.05) is 31.5 Å². The second kappa shape index (κ2) is 10.8. The second-order valence-electron chi connectivity index (χ2n) is 6.08. The van der Waals surface area contributed by atoms with E-state index in [2.05, 4.69) is 10.3 Å². The average molecular weight is 421 g/mol. The lowest BCUT2D eigenvalue weighted by molar-refractivity contribution is -0.132. The van der Waals surface area contributed by atoms with Crippen LogP contribution in [0.3, 0.4) is 0 Å². The molecule has 0 unspecified atom stereocenters. The van der Waals surface area contributed by atoms with Crippen molar-refractivity contribution in [3.8, 4) is 11.3 Å². The maximum absolute atomic E-state index is 12.4. The Kier molecular flexibility index (Phi) is 9.44. The number of oxazole rings is 1. The Morgan fingerprint density at radius 1 is 1.31 bits per heavy atom. The zero-order valence-electron chi connectivity index (χ0n) is 14.6. The Balaban J connectivity index is 0.00000169. The average Bonchev–Trinajstić information content (AvgIpc) is 3.09. The molecule has 0 bridgehead atoms. The van der Waals surface area contributed by atoms with Crippen molar-refractivity contribution in [2.75, 3.05) is 20.1 Å². The Morgan fingerprint density at radius 3 is 2.69 bits per heavy atom. The molecule has 1 aromatic carbocycles. The molecular formula is C18H24Cl3N3O2. The predicted octanol–water partition coefficient (Wildman–Crippen LogP) is 3.98. The highest BCUT2D eigenvalue weighted by Gasteiger charge is 2.22. The fourth-order valence-electron chi connectivity index (χ4n) is 3.00. The minimum absolute atomic E-state index is 0. The largest absolute Gasteiger partial charge is 0.441 e. The minimum Gasteiger partial charge on any atom is -0.441 e. The van der Waals surface area contributed by atoms with Crippen LogP contribution in [0.1, 0.15) is 25.2 Å². The smallest absolute Gasteiger partial charge is 0.223 e. The summed E-state index contributed by atoms with van der Waals surface area (Å²) in [6.07, 6.45) is 4.59. The van der Waals surface area contributed by atoms with Crippen LogP contribution in [0, 0.1) is 0 Å². The van der Waals surface area contributed by atoms with Gasteiger partial charge in [0.15, 0.2) is 11.7 Å². The molecule has 0 spiro atoms. The van der Waals surface area contributed by atoms with E-state index in [0.717, 1.165) is 31.5 Å². The number of halogens is 3. The lowest BCUT2D eigenvalue weighted by Gasteiger charge is -2.31. The van der Waals surface area contributed by atoms with Gasteiger partial charge in [-0.25, -0.2) is 4.98 Å². The summed E-state index contributed by atoms with van der Waals surface area (Å²) in [5.41, 5.74) is 0.816. The maximum atomic E-state index is 12.4. The summed E-state index contributed by atoms with van der Waals surface area (Å²) >= 11 is 6.17. The van der Waals surface area contributed by atoms with Crippen LogP contribution in [0.5, 0.6) is 0 Å². The molecule has 1 saturated heterocycles. The van der Waals surface area contributed by atoms with Crippen molar-refractivity contribution in [2.45, 2.75) is 31.7 Å². The lowest BCUT2D eigenvalue weighted by atomic mass is 10.0. The van der Waals surface area contributed by atoms with E-state index in [9.17, 15) is 4.79 Å². The van der Waals surface area contributed by atoms with Gasteiger partial charge in [0.2, 0.25) is 5.91 Å². The lowest BCUT2D eigenvalue weighted by Crippen LogP contribution is -2.44. The molecule has 0 aliphatic carbocycles. The summed E-state index contributed by atoms with van der Waals surface area (Å²) < 4.78 is 5.75. The fraction of sp³-hybridized carbons (Fsp3) is 0.444. The molecule has 8 heteroatoms. The predicted molar refractivity (Wildman–Crippen MR) is 108 cm³/mol. The molecule has 5 nitrogen and oxygen atoms in total. The Hall–Kier alpha value is -1.27. The number of rotatable bonds is 5. The van der Waals surface area contributed by atoms with Crippen LogP contribution >= 0.6 is 36.4 Å². The van der Waals surface area contributed by atoms with Gasteiger partial charge in [0.05, 0.1) is 11.2 Å². The van der Waals surface area contributed by atoms with Crippen molar-refractivity contribution in [1.29, 1.82) is 0 Å². The molecule has 2 heterocycles. The van der Waals surface area contributed by atoms with E-state index in [1.807, 2.05) is 36.2 Å². The zero-order valence-corrected chi connectivity index (χ0v) is 17.0. The van der Waals surface area contributed by atoms with Crippen LogP contribution < -0.4 is 5.32 Å². The Morgan fingerprint density at radius 2 is 2.00 bits per heavy atom. The third kappa shape index (κ3) is 5.61. The number of piperidine rings is 1. The number of carbonyl (C=O) groups excluding carboxylic acids is 1. The van der Waals surface area contributed by atoms with Gasteiger partial charge in [-0.15, -0.1) is 24.8 Å². The summed E-state index contributed by atoms with van der Waals surface area (Å²) in [5, 5.41) is 3.94. The standard InChI is InChI=1S/C18H22ClN3O2.2ClH/c1-22(13-8-10-20-11-9-13)18(23)7-6-17-21-12-16(24-17)14-4-2-3-5-15(14)19;;/h2-5,12-13,20H,6-11H2,1H3;2*1H. The summed E-state index contributed by atoms with van der Waals surface area (Å²) in [7, 11) is 1.89. The molecule has 144 valence electrons. The third-order valence-electron chi connectivity index (χ3n) is 4.50. The molecule has 26 heavy (non-hydrogen) atoms. The Bertz CT molecular complexity index is 702. The summed E-state index contributed by atoms with van der Waals surface area (Å²) in [6.45, 7) is 1.95. The van der Waals surface area contributed by atoms with E-state index < -0.39 is 0 Å². The maximum Gasteiger partial charge on any atom is 0.223 e. The van der Waals surface area contributed by atoms with Crippen molar-refractivity contribution in [3.05, 3.63) is 41.4 Å². The molecule has 1 amide bonds. The first-order chi connectivity index (χ1) is 11.6. The quantitative estimate of drug-likeness (QED) is 0.795. The van der Waals surface area contributed by atoms with Gasteiger partial charge in [0.25, 0.3) is 0 Å². The highest BCUT2D eigenvalue weighted by molar-refractivity contribution is 6.33. The van der Waals surface area contributed by atoms with E-state index in [1.54, 1.807) is 6.20 Å². The molecule has 0 saturated carbocycles. The molecule has 1 aromatic heterocycles. The van der Waals surface area contributed by atoms with Gasteiger partial charge in [0.1, 0.15) is 0 Å². The highest BCUT2D eigenvalue weighted by atomic mass is 35.5. The first kappa shape index (κ1) is 22.8. The van der Waals surface area contributed by atoms with Crippen molar-refractivity contribution < 1.29 is 9.21 Å². The summed E-state index contributed by atoms with van der Waals surface area (Å²) in [4.78, 5) is 18.5. The normalized spacial score (nSPS) is 14.2. The zero-order chi connectivity index (χ0) is 16.9. The Labute approximate surface area is 171 Å². The van der Waals surface area contributed by atoms with Gasteiger partial charge in [-0.2, -0.15) is 0 Å². The fourth-order valence-corrected chi connectivity index (χ4v) is 3.23. The number of hydrogen-bond acceptors (Lipinski definition) is 4. The topological polar surface area (TPSA) is 58.4 Å². The molecular weight excluding hydrogens is 397 g/mol. The molecule has 1 fully saturated rings. The molecule has 3 rings (SSSR count). The van der Waals surface area contributed by atoms with E-state index in [-0.39, 0.29) is 30.7 Å². The van der Waals surface area contributed by atoms with Crippen LogP contribution in [-0.4, -0.2) is 42.0 Å². The van der Waals surface area contributed by atoms with Crippen LogP contribution in [0.2, 0.25) is 5.02 Å². The number of aryl methyl sites for hydroxylation is 1. The second-order valence-corrected chi connectivity index (χ2v) is 6.49. The number of benzene rings is 1. The van der Waals surface area contributed by atoms with Gasteiger partial charge in [-0.3, -0.25) is 4.79 Å². The number of nitrogens with zero attached hydrogens (tertiary/aromatic N) is 2. The number of amides is 1. The van der Waals surface area contributed by atoms with Crippen LogP contribution in [0.4, 0.5) is 0 Å². The molecule has 1 aliphatic rings. The van der Waals surface area contributed by atoms with E-state index in [4.69, 9.17) is 16.0 Å². The molecule has 0 radical (unpaired) electrons. The molecule has 2 aromatic rings. The van der Waals surface area contributed by atoms with Crippen LogP contribution in [0.15, 0.2) is 34.9 Å². The van der Waals surface area contributed by atoms with Crippen molar-refractivity contribution in [3.63, 3.8) is 0 Å². The van der Waals surface area contributed by atoms with Gasteiger partial charge >= 0.3 is 0 Å². The van der Waals surface area contributed by atoms with Crippen molar-refractivity contribution in [2.24, 2.45) is 0 Å². The van der Waals surface area contributed by atoms with Gasteiger partial charge in [-0.1, -0.05) is 23.7 Å². The van der Waals surface area contributed by atoms with Crippen LogP contribution in [0.25, 0.3) is 11.3 Å². The van der Waals surface area contributed by atoms with Crippen LogP contribution in [-0.2, 0) is 11.2 Å². The van der Waals surface area contributed by atoms with Crippen molar-refractivity contribution >= 4 is 42.3 Å². The van der Waals surface area contributed by atoms with E-state index >= 15 is 0 Å². The molecule has 1 N–H and O–H groups in total. The van der Waals surface area contributed by atoms with E-state index in [0.29, 0.717) is 35.6 Å². The van der Waals surface area contributed by atoms with Gasteiger partial charge < -0.3 is 14.6 Å². The van der Waals surface area contributed by atoms with Gasteiger partial charge in [-0.05, 0) is 38.1 Å². The molecule has 0 atom stereocenters. The third-order valence-corrected chi connectivity index (χ3v) is 4.82. The number of hydrogen-bond donors (Lipinski definition) is 1. The van der Waals surface area contributed by atoms with E-state index in [1.165, 1.54) is 0 Å². The number of carbonyl (C=O) groups is 1. The SMILES string of the molecule is CN(C(=O)CCc1ncc(-c2ccccc2Cl)o1)C1CCNCC1.Cl.Cl. The summed E-state index contributed by atoms with van der Waals surface area (Å²) in [5.74, 6) is 1.34. The summed E-state index contributed by atoms with van der Waals surface area (Å²) in [6, 6.07) is 7.82. The minimum atomic E-state index is 0. The highest BCUT2D eigenvalue weighted by Crippen LogP contribution is 2.28. The first-order valence-corrected chi connectivity index (χ1v) is 8.69. The number of aromatic nitrogens is 1.